The Morgan fingerprint density at radius 2 is 2.00 bits per heavy atom. The lowest BCUT2D eigenvalue weighted by Gasteiger charge is -2.32. The molecule has 7 heteroatoms. The van der Waals surface area contributed by atoms with Crippen molar-refractivity contribution in [2.45, 2.75) is 39.2 Å². The number of rotatable bonds is 4. The van der Waals surface area contributed by atoms with Gasteiger partial charge in [-0.2, -0.15) is 5.10 Å². The number of piperidine rings is 1. The van der Waals surface area contributed by atoms with Crippen LogP contribution in [0.3, 0.4) is 0 Å². The summed E-state index contributed by atoms with van der Waals surface area (Å²) in [6.07, 6.45) is 2.11. The Hall–Kier alpha value is -2.67. The van der Waals surface area contributed by atoms with E-state index in [1.165, 1.54) is 4.68 Å². The van der Waals surface area contributed by atoms with Gasteiger partial charge in [-0.05, 0) is 45.4 Å². The number of nitrogens with zero attached hydrogens (tertiary/aromatic N) is 5. The molecule has 1 fully saturated rings. The fraction of sp³-hybridized carbons (Fsp3) is 0.450. The number of hydrogen-bond acceptors (Lipinski definition) is 5. The lowest BCUT2D eigenvalue weighted by molar-refractivity contribution is 0.194. The SMILES string of the molecule is Cc1noc(C)c1CN1CCC[C@@H](c2nn(C)c(=O)n2-c2ccccc2)C1. The van der Waals surface area contributed by atoms with Gasteiger partial charge in [0, 0.05) is 31.6 Å². The van der Waals surface area contributed by atoms with E-state index in [9.17, 15) is 4.79 Å². The summed E-state index contributed by atoms with van der Waals surface area (Å²) >= 11 is 0. The molecule has 1 saturated heterocycles. The lowest BCUT2D eigenvalue weighted by atomic mass is 9.96. The van der Waals surface area contributed by atoms with Gasteiger partial charge in [-0.3, -0.25) is 4.90 Å². The highest BCUT2D eigenvalue weighted by Crippen LogP contribution is 2.28. The fourth-order valence-electron chi connectivity index (χ4n) is 3.93. The van der Waals surface area contributed by atoms with E-state index in [1.807, 2.05) is 44.2 Å². The zero-order chi connectivity index (χ0) is 19.0. The molecule has 2 aromatic heterocycles. The van der Waals surface area contributed by atoms with Gasteiger partial charge in [-0.25, -0.2) is 14.0 Å². The van der Waals surface area contributed by atoms with Crippen molar-refractivity contribution in [2.75, 3.05) is 13.1 Å². The van der Waals surface area contributed by atoms with Gasteiger partial charge in [-0.1, -0.05) is 23.4 Å². The summed E-state index contributed by atoms with van der Waals surface area (Å²) in [6, 6.07) is 9.76. The van der Waals surface area contributed by atoms with Crippen molar-refractivity contribution < 1.29 is 4.52 Å². The van der Waals surface area contributed by atoms with Gasteiger partial charge < -0.3 is 4.52 Å². The van der Waals surface area contributed by atoms with Gasteiger partial charge in [0.25, 0.3) is 0 Å². The molecule has 0 spiro atoms. The molecule has 0 N–H and O–H groups in total. The topological polar surface area (TPSA) is 69.1 Å². The Morgan fingerprint density at radius 1 is 1.22 bits per heavy atom. The van der Waals surface area contributed by atoms with E-state index >= 15 is 0 Å². The number of aryl methyl sites for hydroxylation is 3. The van der Waals surface area contributed by atoms with Crippen LogP contribution in [0.4, 0.5) is 0 Å². The molecule has 1 atom stereocenters. The molecule has 27 heavy (non-hydrogen) atoms. The summed E-state index contributed by atoms with van der Waals surface area (Å²) in [5.41, 5.74) is 2.89. The van der Waals surface area contributed by atoms with Crippen LogP contribution in [0.15, 0.2) is 39.6 Å². The molecule has 4 rings (SSSR count). The Bertz CT molecular complexity index is 966. The Balaban J connectivity index is 1.62. The summed E-state index contributed by atoms with van der Waals surface area (Å²) in [7, 11) is 1.72. The van der Waals surface area contributed by atoms with E-state index < -0.39 is 0 Å². The molecule has 3 aromatic rings. The molecule has 0 aliphatic carbocycles. The molecule has 142 valence electrons. The van der Waals surface area contributed by atoms with Gasteiger partial charge in [0.15, 0.2) is 0 Å². The Kier molecular flexibility index (Phi) is 4.70. The van der Waals surface area contributed by atoms with Crippen LogP contribution < -0.4 is 5.69 Å². The van der Waals surface area contributed by atoms with Crippen LogP contribution >= 0.6 is 0 Å². The molecule has 0 radical (unpaired) electrons. The van der Waals surface area contributed by atoms with Crippen molar-refractivity contribution in [1.82, 2.24) is 24.4 Å². The first kappa shape index (κ1) is 17.7. The van der Waals surface area contributed by atoms with Crippen molar-refractivity contribution in [3.63, 3.8) is 0 Å². The Labute approximate surface area is 158 Å². The zero-order valence-electron chi connectivity index (χ0n) is 16.1. The monoisotopic (exact) mass is 367 g/mol. The highest BCUT2D eigenvalue weighted by Gasteiger charge is 2.28. The van der Waals surface area contributed by atoms with E-state index in [0.717, 1.165) is 61.0 Å². The van der Waals surface area contributed by atoms with Crippen molar-refractivity contribution in [3.8, 4) is 5.69 Å². The van der Waals surface area contributed by atoms with Crippen molar-refractivity contribution in [1.29, 1.82) is 0 Å². The van der Waals surface area contributed by atoms with E-state index in [4.69, 9.17) is 4.52 Å². The highest BCUT2D eigenvalue weighted by atomic mass is 16.5. The van der Waals surface area contributed by atoms with Crippen LogP contribution in [0.1, 0.15) is 41.6 Å². The number of benzene rings is 1. The summed E-state index contributed by atoms with van der Waals surface area (Å²) in [4.78, 5) is 15.1. The van der Waals surface area contributed by atoms with Crippen LogP contribution in [0.25, 0.3) is 5.69 Å². The highest BCUT2D eigenvalue weighted by molar-refractivity contribution is 5.33. The number of aromatic nitrogens is 4. The molecule has 0 bridgehead atoms. The minimum Gasteiger partial charge on any atom is -0.361 e. The van der Waals surface area contributed by atoms with Crippen LogP contribution in [-0.2, 0) is 13.6 Å². The molecule has 3 heterocycles. The predicted octanol–water partition coefficient (Wildman–Crippen LogP) is 2.56. The lowest BCUT2D eigenvalue weighted by Crippen LogP contribution is -2.35. The first-order chi connectivity index (χ1) is 13.0. The van der Waals surface area contributed by atoms with Gasteiger partial charge >= 0.3 is 5.69 Å². The molecular weight excluding hydrogens is 342 g/mol. The maximum absolute atomic E-state index is 12.7. The average molecular weight is 367 g/mol. The third kappa shape index (κ3) is 3.35. The number of hydrogen-bond donors (Lipinski definition) is 0. The fourth-order valence-corrected chi connectivity index (χ4v) is 3.93. The van der Waals surface area contributed by atoms with E-state index in [2.05, 4.69) is 15.2 Å². The largest absolute Gasteiger partial charge is 0.361 e. The van der Waals surface area contributed by atoms with Gasteiger partial charge in [0.1, 0.15) is 11.6 Å². The maximum atomic E-state index is 12.7. The van der Waals surface area contributed by atoms with Crippen molar-refractivity contribution in [2.24, 2.45) is 7.05 Å². The second-order valence-electron chi connectivity index (χ2n) is 7.31. The second kappa shape index (κ2) is 7.15. The third-order valence-electron chi connectivity index (χ3n) is 5.40. The zero-order valence-corrected chi connectivity index (χ0v) is 16.1. The normalized spacial score (nSPS) is 18.1. The summed E-state index contributed by atoms with van der Waals surface area (Å²) in [5.74, 6) is 1.94. The molecule has 0 unspecified atom stereocenters. The van der Waals surface area contributed by atoms with Gasteiger partial charge in [-0.15, -0.1) is 0 Å². The maximum Gasteiger partial charge on any atom is 0.350 e. The summed E-state index contributed by atoms with van der Waals surface area (Å²) < 4.78 is 8.50. The van der Waals surface area contributed by atoms with Crippen LogP contribution in [-0.4, -0.2) is 37.5 Å². The van der Waals surface area contributed by atoms with Crippen molar-refractivity contribution in [3.05, 3.63) is 63.7 Å². The third-order valence-corrected chi connectivity index (χ3v) is 5.40. The standard InChI is InChI=1S/C20H25N5O2/c1-14-18(15(2)27-22-14)13-24-11-7-8-16(12-24)19-21-23(3)20(26)25(19)17-9-5-4-6-10-17/h4-6,9-10,16H,7-8,11-13H2,1-3H3/t16-/m1/s1. The number of para-hydroxylation sites is 1. The van der Waals surface area contributed by atoms with Crippen LogP contribution in [0, 0.1) is 13.8 Å². The van der Waals surface area contributed by atoms with E-state index in [-0.39, 0.29) is 11.6 Å². The minimum absolute atomic E-state index is 0.0981. The smallest absolute Gasteiger partial charge is 0.350 e. The molecule has 1 aliphatic rings. The van der Waals surface area contributed by atoms with Crippen molar-refractivity contribution >= 4 is 0 Å². The molecule has 0 saturated carbocycles. The average Bonchev–Trinajstić information content (AvgIpc) is 3.16. The predicted molar refractivity (Wildman–Crippen MR) is 102 cm³/mol. The van der Waals surface area contributed by atoms with E-state index in [1.54, 1.807) is 11.6 Å². The Morgan fingerprint density at radius 3 is 2.70 bits per heavy atom. The van der Waals surface area contributed by atoms with Crippen LogP contribution in [0.2, 0.25) is 0 Å². The molecule has 0 amide bonds. The molecule has 1 aromatic carbocycles. The second-order valence-corrected chi connectivity index (χ2v) is 7.31. The minimum atomic E-state index is -0.0981. The first-order valence-corrected chi connectivity index (χ1v) is 9.40. The molecule has 7 nitrogen and oxygen atoms in total. The molecular formula is C20H25N5O2. The van der Waals surface area contributed by atoms with Gasteiger partial charge in [0.2, 0.25) is 0 Å². The first-order valence-electron chi connectivity index (χ1n) is 9.40. The van der Waals surface area contributed by atoms with Crippen LogP contribution in [0.5, 0.6) is 0 Å². The van der Waals surface area contributed by atoms with Gasteiger partial charge in [0.05, 0.1) is 11.4 Å². The quantitative estimate of drug-likeness (QED) is 0.709. The summed E-state index contributed by atoms with van der Waals surface area (Å²) in [6.45, 7) is 6.66. The number of likely N-dealkylation sites (tertiary alicyclic amines) is 1. The molecule has 1 aliphatic heterocycles. The van der Waals surface area contributed by atoms with E-state index in [0.29, 0.717) is 0 Å². The summed E-state index contributed by atoms with van der Waals surface area (Å²) in [5, 5.41) is 8.65.